The fourth-order valence-corrected chi connectivity index (χ4v) is 2.13. The monoisotopic (exact) mass is 198 g/mol. The number of nitrogens with zero attached hydrogens (tertiary/aromatic N) is 1. The average molecular weight is 198 g/mol. The molecule has 14 heavy (non-hydrogen) atoms. The molecule has 1 rings (SSSR count). The van der Waals surface area contributed by atoms with E-state index in [1.165, 1.54) is 0 Å². The standard InChI is InChI=1S/C11H22N2O/c1-8(2)13-7-6-12-10(14)9(13)11(3,4)5/h8-9H,6-7H2,1-5H3,(H,12,14)/t9-/m0/s1. The van der Waals surface area contributed by atoms with Gasteiger partial charge in [-0.05, 0) is 19.3 Å². The van der Waals surface area contributed by atoms with Crippen LogP contribution in [0.3, 0.4) is 0 Å². The molecule has 0 radical (unpaired) electrons. The number of nitrogens with one attached hydrogen (secondary N) is 1. The SMILES string of the molecule is CC(C)N1CCNC(=O)[C@H]1C(C)(C)C. The van der Waals surface area contributed by atoms with E-state index in [0.29, 0.717) is 6.04 Å². The molecule has 0 aromatic heterocycles. The van der Waals surface area contributed by atoms with E-state index in [4.69, 9.17) is 0 Å². The maximum atomic E-state index is 11.8. The first-order valence-corrected chi connectivity index (χ1v) is 5.37. The quantitative estimate of drug-likeness (QED) is 0.687. The molecule has 0 spiro atoms. The lowest BCUT2D eigenvalue weighted by atomic mass is 9.83. The zero-order valence-corrected chi connectivity index (χ0v) is 9.92. The molecule has 0 saturated carbocycles. The number of rotatable bonds is 1. The van der Waals surface area contributed by atoms with Crippen LogP contribution in [0.4, 0.5) is 0 Å². The smallest absolute Gasteiger partial charge is 0.237 e. The molecule has 1 N–H and O–H groups in total. The van der Waals surface area contributed by atoms with E-state index in [0.717, 1.165) is 13.1 Å². The van der Waals surface area contributed by atoms with Crippen LogP contribution in [-0.2, 0) is 4.79 Å². The van der Waals surface area contributed by atoms with Crippen molar-refractivity contribution >= 4 is 5.91 Å². The molecule has 1 aliphatic rings. The van der Waals surface area contributed by atoms with Gasteiger partial charge in [-0.3, -0.25) is 9.69 Å². The zero-order valence-electron chi connectivity index (χ0n) is 9.92. The van der Waals surface area contributed by atoms with Crippen molar-refractivity contribution in [1.82, 2.24) is 10.2 Å². The summed E-state index contributed by atoms with van der Waals surface area (Å²) in [5.41, 5.74) is 0.00870. The average Bonchev–Trinajstić information content (AvgIpc) is 2.01. The van der Waals surface area contributed by atoms with Crippen molar-refractivity contribution in [3.63, 3.8) is 0 Å². The number of hydrogen-bond acceptors (Lipinski definition) is 2. The summed E-state index contributed by atoms with van der Waals surface area (Å²) in [6.45, 7) is 12.4. The third kappa shape index (κ3) is 2.27. The van der Waals surface area contributed by atoms with Crippen molar-refractivity contribution in [1.29, 1.82) is 0 Å². The Hall–Kier alpha value is -0.570. The molecule has 0 aromatic carbocycles. The molecule has 0 bridgehead atoms. The van der Waals surface area contributed by atoms with Crippen LogP contribution in [0, 0.1) is 5.41 Å². The topological polar surface area (TPSA) is 32.3 Å². The maximum absolute atomic E-state index is 11.8. The highest BCUT2D eigenvalue weighted by Gasteiger charge is 2.39. The van der Waals surface area contributed by atoms with Crippen molar-refractivity contribution in [2.24, 2.45) is 5.41 Å². The largest absolute Gasteiger partial charge is 0.353 e. The number of carbonyl (C=O) groups is 1. The number of piperazine rings is 1. The summed E-state index contributed by atoms with van der Waals surface area (Å²) in [7, 11) is 0. The highest BCUT2D eigenvalue weighted by Crippen LogP contribution is 2.27. The molecule has 1 atom stereocenters. The lowest BCUT2D eigenvalue weighted by Crippen LogP contribution is -2.61. The molecular weight excluding hydrogens is 176 g/mol. The predicted octanol–water partition coefficient (Wildman–Crippen LogP) is 1.24. The summed E-state index contributed by atoms with van der Waals surface area (Å²) in [6.07, 6.45) is 0. The molecule has 0 aromatic rings. The van der Waals surface area contributed by atoms with Crippen LogP contribution in [0.5, 0.6) is 0 Å². The lowest BCUT2D eigenvalue weighted by Gasteiger charge is -2.44. The Labute approximate surface area is 86.9 Å². The van der Waals surface area contributed by atoms with Gasteiger partial charge in [-0.15, -0.1) is 0 Å². The first kappa shape index (κ1) is 11.5. The second-order valence-corrected chi connectivity index (χ2v) is 5.39. The molecule has 82 valence electrons. The number of hydrogen-bond donors (Lipinski definition) is 1. The molecule has 1 fully saturated rings. The fraction of sp³-hybridized carbons (Fsp3) is 0.909. The second-order valence-electron chi connectivity index (χ2n) is 5.39. The van der Waals surface area contributed by atoms with Gasteiger partial charge in [0.15, 0.2) is 0 Å². The number of carbonyl (C=O) groups excluding carboxylic acids is 1. The first-order chi connectivity index (χ1) is 6.34. The van der Waals surface area contributed by atoms with Crippen LogP contribution in [0.25, 0.3) is 0 Å². The van der Waals surface area contributed by atoms with Crippen molar-refractivity contribution < 1.29 is 4.79 Å². The minimum atomic E-state index is 0.00870. The molecular formula is C11H22N2O. The van der Waals surface area contributed by atoms with Gasteiger partial charge in [0.2, 0.25) is 5.91 Å². The van der Waals surface area contributed by atoms with Crippen LogP contribution in [0.2, 0.25) is 0 Å². The van der Waals surface area contributed by atoms with E-state index in [1.807, 2.05) is 0 Å². The fourth-order valence-electron chi connectivity index (χ4n) is 2.13. The van der Waals surface area contributed by atoms with Crippen LogP contribution in [0.1, 0.15) is 34.6 Å². The molecule has 3 nitrogen and oxygen atoms in total. The predicted molar refractivity (Wildman–Crippen MR) is 58.1 cm³/mol. The third-order valence-electron chi connectivity index (χ3n) is 2.73. The molecule has 1 amide bonds. The summed E-state index contributed by atoms with van der Waals surface area (Å²) in [5, 5.41) is 2.94. The van der Waals surface area contributed by atoms with E-state index >= 15 is 0 Å². The second kappa shape index (κ2) is 3.89. The molecule has 0 unspecified atom stereocenters. The minimum absolute atomic E-state index is 0.00870. The molecule has 3 heteroatoms. The van der Waals surface area contributed by atoms with E-state index in [2.05, 4.69) is 44.8 Å². The Morgan fingerprint density at radius 1 is 1.43 bits per heavy atom. The van der Waals surface area contributed by atoms with E-state index in [9.17, 15) is 4.79 Å². The Bertz CT molecular complexity index is 218. The third-order valence-corrected chi connectivity index (χ3v) is 2.73. The Kier molecular flexibility index (Phi) is 3.20. The van der Waals surface area contributed by atoms with Crippen LogP contribution in [0.15, 0.2) is 0 Å². The van der Waals surface area contributed by atoms with Gasteiger partial charge < -0.3 is 5.32 Å². The maximum Gasteiger partial charge on any atom is 0.237 e. The van der Waals surface area contributed by atoms with Gasteiger partial charge >= 0.3 is 0 Å². The Morgan fingerprint density at radius 2 is 2.00 bits per heavy atom. The molecule has 0 aliphatic carbocycles. The number of amides is 1. The van der Waals surface area contributed by atoms with E-state index in [-0.39, 0.29) is 17.4 Å². The highest BCUT2D eigenvalue weighted by atomic mass is 16.2. The Balaban J connectivity index is 2.87. The van der Waals surface area contributed by atoms with Crippen molar-refractivity contribution in [2.75, 3.05) is 13.1 Å². The normalized spacial score (nSPS) is 25.3. The van der Waals surface area contributed by atoms with E-state index in [1.54, 1.807) is 0 Å². The highest BCUT2D eigenvalue weighted by molar-refractivity contribution is 5.83. The van der Waals surface area contributed by atoms with Gasteiger partial charge in [0, 0.05) is 19.1 Å². The molecule has 1 aliphatic heterocycles. The van der Waals surface area contributed by atoms with Crippen molar-refractivity contribution in [3.05, 3.63) is 0 Å². The van der Waals surface area contributed by atoms with Crippen LogP contribution in [-0.4, -0.2) is 36.0 Å². The van der Waals surface area contributed by atoms with Gasteiger partial charge in [-0.25, -0.2) is 0 Å². The van der Waals surface area contributed by atoms with Crippen LogP contribution >= 0.6 is 0 Å². The summed E-state index contributed by atoms with van der Waals surface area (Å²) in [5.74, 6) is 0.178. The lowest BCUT2D eigenvalue weighted by molar-refractivity contribution is -0.134. The summed E-state index contributed by atoms with van der Waals surface area (Å²) in [6, 6.07) is 0.446. The van der Waals surface area contributed by atoms with Gasteiger partial charge in [0.25, 0.3) is 0 Å². The minimum Gasteiger partial charge on any atom is -0.353 e. The van der Waals surface area contributed by atoms with Gasteiger partial charge in [0.05, 0.1) is 6.04 Å². The van der Waals surface area contributed by atoms with Gasteiger partial charge in [-0.2, -0.15) is 0 Å². The Morgan fingerprint density at radius 3 is 2.36 bits per heavy atom. The molecule has 1 saturated heterocycles. The van der Waals surface area contributed by atoms with Crippen molar-refractivity contribution in [3.8, 4) is 0 Å². The summed E-state index contributed by atoms with van der Waals surface area (Å²) in [4.78, 5) is 14.1. The summed E-state index contributed by atoms with van der Waals surface area (Å²) >= 11 is 0. The van der Waals surface area contributed by atoms with Crippen LogP contribution < -0.4 is 5.32 Å². The van der Waals surface area contributed by atoms with Gasteiger partial charge in [-0.1, -0.05) is 20.8 Å². The van der Waals surface area contributed by atoms with E-state index < -0.39 is 0 Å². The molecule has 1 heterocycles. The van der Waals surface area contributed by atoms with Gasteiger partial charge in [0.1, 0.15) is 0 Å². The zero-order chi connectivity index (χ0) is 10.9. The summed E-state index contributed by atoms with van der Waals surface area (Å²) < 4.78 is 0. The first-order valence-electron chi connectivity index (χ1n) is 5.37. The van der Waals surface area contributed by atoms with Crippen molar-refractivity contribution in [2.45, 2.75) is 46.7 Å².